The van der Waals surface area contributed by atoms with Crippen LogP contribution in [0.1, 0.15) is 17.0 Å². The van der Waals surface area contributed by atoms with Gasteiger partial charge in [-0.05, 0) is 49.2 Å². The normalized spacial score (nSPS) is 11.2. The van der Waals surface area contributed by atoms with E-state index in [9.17, 15) is 4.39 Å². The zero-order chi connectivity index (χ0) is 21.4. The molecule has 0 spiro atoms. The highest BCUT2D eigenvalue weighted by Crippen LogP contribution is 2.23. The lowest BCUT2D eigenvalue weighted by Crippen LogP contribution is -2.00. The maximum absolute atomic E-state index is 13.7. The number of aryl methyl sites for hydroxylation is 2. The van der Waals surface area contributed by atoms with Gasteiger partial charge in [0.25, 0.3) is 5.89 Å². The van der Waals surface area contributed by atoms with Crippen LogP contribution in [0.3, 0.4) is 0 Å². The highest BCUT2D eigenvalue weighted by Gasteiger charge is 2.15. The predicted molar refractivity (Wildman–Crippen MR) is 111 cm³/mol. The van der Waals surface area contributed by atoms with Crippen LogP contribution >= 0.6 is 0 Å². The molecule has 0 radical (unpaired) electrons. The number of rotatable bonds is 5. The van der Waals surface area contributed by atoms with Crippen LogP contribution in [0, 0.1) is 19.7 Å². The maximum atomic E-state index is 13.7. The smallest absolute Gasteiger partial charge is 0.280 e. The van der Waals surface area contributed by atoms with E-state index in [0.29, 0.717) is 23.8 Å². The summed E-state index contributed by atoms with van der Waals surface area (Å²) >= 11 is 0. The molecule has 5 aromatic rings. The molecule has 0 saturated heterocycles. The van der Waals surface area contributed by atoms with E-state index in [1.54, 1.807) is 12.4 Å². The summed E-state index contributed by atoms with van der Waals surface area (Å²) in [6, 6.07) is 12.6. The van der Waals surface area contributed by atoms with Crippen molar-refractivity contribution in [3.8, 4) is 28.7 Å². The molecule has 0 fully saturated rings. The van der Waals surface area contributed by atoms with Crippen LogP contribution < -0.4 is 0 Å². The molecule has 0 atom stereocenters. The SMILES string of the molecule is Cc1cc(F)cc(-n2cc(-c3nc(-c4cccc(Cn5ccnc5C)c4)no3)nn2)c1. The van der Waals surface area contributed by atoms with Gasteiger partial charge < -0.3 is 9.09 Å². The molecule has 154 valence electrons. The summed E-state index contributed by atoms with van der Waals surface area (Å²) in [5, 5.41) is 12.2. The summed E-state index contributed by atoms with van der Waals surface area (Å²) in [6.45, 7) is 4.48. The minimum atomic E-state index is -0.335. The van der Waals surface area contributed by atoms with Crippen molar-refractivity contribution in [1.82, 2.24) is 34.7 Å². The van der Waals surface area contributed by atoms with Crippen LogP contribution in [0.2, 0.25) is 0 Å². The number of hydrogen-bond donors (Lipinski definition) is 0. The van der Waals surface area contributed by atoms with Crippen molar-refractivity contribution in [2.75, 3.05) is 0 Å². The van der Waals surface area contributed by atoms with Crippen molar-refractivity contribution in [2.45, 2.75) is 20.4 Å². The fourth-order valence-electron chi connectivity index (χ4n) is 3.36. The Kier molecular flexibility index (Phi) is 4.62. The Bertz CT molecular complexity index is 1350. The molecular formula is C22H18FN7O. The van der Waals surface area contributed by atoms with E-state index in [0.717, 1.165) is 22.5 Å². The highest BCUT2D eigenvalue weighted by atomic mass is 19.1. The fraction of sp³-hybridized carbons (Fsp3) is 0.136. The Balaban J connectivity index is 1.40. The molecule has 31 heavy (non-hydrogen) atoms. The molecule has 0 aliphatic heterocycles. The zero-order valence-corrected chi connectivity index (χ0v) is 16.9. The Labute approximate surface area is 177 Å². The molecule has 8 nitrogen and oxygen atoms in total. The van der Waals surface area contributed by atoms with Gasteiger partial charge in [0.05, 0.1) is 11.9 Å². The molecule has 3 heterocycles. The second-order valence-corrected chi connectivity index (χ2v) is 7.26. The van der Waals surface area contributed by atoms with Crippen LogP contribution in [0.15, 0.2) is 65.6 Å². The lowest BCUT2D eigenvalue weighted by atomic mass is 10.1. The third-order valence-electron chi connectivity index (χ3n) is 4.89. The first kappa shape index (κ1) is 18.9. The summed E-state index contributed by atoms with van der Waals surface area (Å²) in [7, 11) is 0. The summed E-state index contributed by atoms with van der Waals surface area (Å²) < 4.78 is 22.6. The molecule has 9 heteroatoms. The van der Waals surface area contributed by atoms with E-state index in [-0.39, 0.29) is 11.7 Å². The predicted octanol–water partition coefficient (Wildman–Crippen LogP) is 3.99. The molecule has 0 unspecified atom stereocenters. The molecule has 0 N–H and O–H groups in total. The quantitative estimate of drug-likeness (QED) is 0.431. The van der Waals surface area contributed by atoms with Gasteiger partial charge in [0.15, 0.2) is 5.69 Å². The van der Waals surface area contributed by atoms with Crippen molar-refractivity contribution >= 4 is 0 Å². The molecule has 2 aromatic carbocycles. The van der Waals surface area contributed by atoms with Gasteiger partial charge in [-0.15, -0.1) is 5.10 Å². The summed E-state index contributed by atoms with van der Waals surface area (Å²) in [5.74, 6) is 1.31. The molecule has 0 aliphatic carbocycles. The van der Waals surface area contributed by atoms with Gasteiger partial charge in [-0.1, -0.05) is 28.6 Å². The van der Waals surface area contributed by atoms with E-state index in [1.807, 2.05) is 50.4 Å². The third-order valence-corrected chi connectivity index (χ3v) is 4.89. The van der Waals surface area contributed by atoms with Crippen LogP contribution in [-0.2, 0) is 6.54 Å². The van der Waals surface area contributed by atoms with E-state index in [1.165, 1.54) is 16.8 Å². The van der Waals surface area contributed by atoms with Crippen molar-refractivity contribution in [2.24, 2.45) is 0 Å². The lowest BCUT2D eigenvalue weighted by Gasteiger charge is -2.06. The largest absolute Gasteiger partial charge is 0.332 e. The van der Waals surface area contributed by atoms with Crippen LogP contribution in [0.25, 0.3) is 28.7 Å². The average Bonchev–Trinajstić information content (AvgIpc) is 3.49. The Hall–Kier alpha value is -4.14. The highest BCUT2D eigenvalue weighted by molar-refractivity contribution is 5.58. The first-order valence-corrected chi connectivity index (χ1v) is 9.66. The van der Waals surface area contributed by atoms with Gasteiger partial charge in [-0.2, -0.15) is 4.98 Å². The number of benzene rings is 2. The minimum absolute atomic E-state index is 0.241. The Morgan fingerprint density at radius 2 is 2.00 bits per heavy atom. The first-order valence-electron chi connectivity index (χ1n) is 9.66. The van der Waals surface area contributed by atoms with Crippen LogP contribution in [0.5, 0.6) is 0 Å². The fourth-order valence-corrected chi connectivity index (χ4v) is 3.36. The van der Waals surface area contributed by atoms with Gasteiger partial charge in [0.1, 0.15) is 11.6 Å². The van der Waals surface area contributed by atoms with Crippen molar-refractivity contribution < 1.29 is 8.91 Å². The molecular weight excluding hydrogens is 397 g/mol. The van der Waals surface area contributed by atoms with E-state index >= 15 is 0 Å². The van der Waals surface area contributed by atoms with E-state index in [2.05, 4.69) is 30.0 Å². The van der Waals surface area contributed by atoms with Gasteiger partial charge in [-0.3, -0.25) is 0 Å². The maximum Gasteiger partial charge on any atom is 0.280 e. The van der Waals surface area contributed by atoms with Crippen LogP contribution in [-0.4, -0.2) is 34.7 Å². The van der Waals surface area contributed by atoms with Crippen molar-refractivity contribution in [1.29, 1.82) is 0 Å². The standard InChI is InChI=1S/C22H18FN7O/c1-14-8-18(23)11-19(9-14)30-13-20(26-28-30)22-25-21(27-31-22)17-5-3-4-16(10-17)12-29-7-6-24-15(29)2/h3-11,13H,12H2,1-2H3. The topological polar surface area (TPSA) is 87.5 Å². The van der Waals surface area contributed by atoms with Gasteiger partial charge in [-0.25, -0.2) is 14.1 Å². The van der Waals surface area contributed by atoms with E-state index in [4.69, 9.17) is 4.52 Å². The monoisotopic (exact) mass is 415 g/mol. The minimum Gasteiger partial charge on any atom is -0.332 e. The molecule has 3 aromatic heterocycles. The number of halogens is 1. The van der Waals surface area contributed by atoms with Crippen LogP contribution in [0.4, 0.5) is 4.39 Å². The Morgan fingerprint density at radius 3 is 2.81 bits per heavy atom. The van der Waals surface area contributed by atoms with E-state index < -0.39 is 0 Å². The van der Waals surface area contributed by atoms with Gasteiger partial charge in [0, 0.05) is 24.5 Å². The summed E-state index contributed by atoms with van der Waals surface area (Å²) in [5.41, 5.74) is 3.69. The molecule has 0 aliphatic rings. The number of imidazole rings is 1. The van der Waals surface area contributed by atoms with Gasteiger partial charge >= 0.3 is 0 Å². The van der Waals surface area contributed by atoms with Crippen molar-refractivity contribution in [3.05, 3.63) is 83.8 Å². The molecule has 5 rings (SSSR count). The summed E-state index contributed by atoms with van der Waals surface area (Å²) in [4.78, 5) is 8.71. The Morgan fingerprint density at radius 1 is 1.10 bits per heavy atom. The average molecular weight is 415 g/mol. The number of hydrogen-bond acceptors (Lipinski definition) is 6. The van der Waals surface area contributed by atoms with Gasteiger partial charge in [0.2, 0.25) is 5.82 Å². The molecule has 0 amide bonds. The number of aromatic nitrogens is 7. The molecule has 0 bridgehead atoms. The zero-order valence-electron chi connectivity index (χ0n) is 16.9. The number of nitrogens with zero attached hydrogens (tertiary/aromatic N) is 7. The lowest BCUT2D eigenvalue weighted by molar-refractivity contribution is 0.431. The van der Waals surface area contributed by atoms with Crippen molar-refractivity contribution in [3.63, 3.8) is 0 Å². The summed E-state index contributed by atoms with van der Waals surface area (Å²) in [6.07, 6.45) is 5.35. The second kappa shape index (κ2) is 7.60. The third kappa shape index (κ3) is 3.85. The molecule has 0 saturated carbocycles. The first-order chi connectivity index (χ1) is 15.0. The second-order valence-electron chi connectivity index (χ2n) is 7.26.